The van der Waals surface area contributed by atoms with Gasteiger partial charge < -0.3 is 10.5 Å². The molecule has 0 aliphatic carbocycles. The highest BCUT2D eigenvalue weighted by Crippen LogP contribution is 2.21. The molecule has 17 heavy (non-hydrogen) atoms. The van der Waals surface area contributed by atoms with Gasteiger partial charge in [-0.25, -0.2) is 4.98 Å². The first-order chi connectivity index (χ1) is 7.79. The minimum absolute atomic E-state index is 0.243. The summed E-state index contributed by atoms with van der Waals surface area (Å²) in [6, 6.07) is 3.74. The summed E-state index contributed by atoms with van der Waals surface area (Å²) in [6.45, 7) is 9.06. The summed E-state index contributed by atoms with van der Waals surface area (Å²) in [4.78, 5) is 4.65. The average molecular weight is 252 g/mol. The van der Waals surface area contributed by atoms with Crippen molar-refractivity contribution >= 4 is 17.2 Å². The maximum Gasteiger partial charge on any atom is 0.223 e. The van der Waals surface area contributed by atoms with E-state index in [2.05, 4.69) is 25.8 Å². The minimum Gasteiger partial charge on any atom is -0.477 e. The van der Waals surface area contributed by atoms with Crippen molar-refractivity contribution in [3.05, 3.63) is 23.4 Å². The number of hydrogen-bond acceptors (Lipinski definition) is 3. The van der Waals surface area contributed by atoms with Crippen molar-refractivity contribution in [1.82, 2.24) is 4.98 Å². The van der Waals surface area contributed by atoms with Crippen molar-refractivity contribution < 1.29 is 4.74 Å². The lowest BCUT2D eigenvalue weighted by Crippen LogP contribution is -2.16. The highest BCUT2D eigenvalue weighted by molar-refractivity contribution is 7.80. The number of aryl methyl sites for hydroxylation is 1. The van der Waals surface area contributed by atoms with Gasteiger partial charge >= 0.3 is 0 Å². The molecule has 0 amide bonds. The van der Waals surface area contributed by atoms with Crippen LogP contribution in [0.1, 0.15) is 38.4 Å². The van der Waals surface area contributed by atoms with Crippen LogP contribution < -0.4 is 10.5 Å². The number of pyridine rings is 1. The predicted octanol–water partition coefficient (Wildman–Crippen LogP) is 2.84. The lowest BCUT2D eigenvalue weighted by atomic mass is 9.93. The largest absolute Gasteiger partial charge is 0.477 e. The van der Waals surface area contributed by atoms with Crippen LogP contribution in [0, 0.1) is 12.3 Å². The SMILES string of the molecule is Cc1ccc(C(N)=S)c(OCCC(C)(C)C)n1. The summed E-state index contributed by atoms with van der Waals surface area (Å²) in [5, 5.41) is 0. The molecule has 0 atom stereocenters. The Bertz CT molecular complexity index is 410. The first kappa shape index (κ1) is 13.9. The summed E-state index contributed by atoms with van der Waals surface area (Å²) in [5.74, 6) is 0.543. The van der Waals surface area contributed by atoms with Crippen molar-refractivity contribution in [1.29, 1.82) is 0 Å². The third-order valence-electron chi connectivity index (χ3n) is 2.36. The molecule has 0 radical (unpaired) electrons. The summed E-state index contributed by atoms with van der Waals surface area (Å²) in [7, 11) is 0. The summed E-state index contributed by atoms with van der Waals surface area (Å²) in [5.41, 5.74) is 7.48. The quantitative estimate of drug-likeness (QED) is 0.837. The molecule has 0 aromatic carbocycles. The lowest BCUT2D eigenvalue weighted by Gasteiger charge is -2.18. The third kappa shape index (κ3) is 4.69. The molecule has 0 saturated heterocycles. The van der Waals surface area contributed by atoms with Crippen molar-refractivity contribution in [2.24, 2.45) is 11.1 Å². The van der Waals surface area contributed by atoms with Gasteiger partial charge in [-0.1, -0.05) is 33.0 Å². The van der Waals surface area contributed by atoms with E-state index < -0.39 is 0 Å². The van der Waals surface area contributed by atoms with Gasteiger partial charge in [-0.15, -0.1) is 0 Å². The van der Waals surface area contributed by atoms with E-state index >= 15 is 0 Å². The second-order valence-corrected chi connectivity index (χ2v) is 5.77. The zero-order valence-electron chi connectivity index (χ0n) is 10.9. The van der Waals surface area contributed by atoms with E-state index in [1.807, 2.05) is 19.1 Å². The Morgan fingerprint density at radius 1 is 1.41 bits per heavy atom. The number of rotatable bonds is 4. The van der Waals surface area contributed by atoms with E-state index in [0.717, 1.165) is 12.1 Å². The van der Waals surface area contributed by atoms with E-state index in [4.69, 9.17) is 22.7 Å². The Kier molecular flexibility index (Phi) is 4.46. The van der Waals surface area contributed by atoms with Crippen LogP contribution in [-0.2, 0) is 0 Å². The van der Waals surface area contributed by atoms with Gasteiger partial charge in [-0.3, -0.25) is 0 Å². The number of aromatic nitrogens is 1. The molecule has 4 heteroatoms. The molecule has 1 aromatic heterocycles. The molecule has 94 valence electrons. The minimum atomic E-state index is 0.243. The number of nitrogens with two attached hydrogens (primary N) is 1. The van der Waals surface area contributed by atoms with Crippen LogP contribution in [-0.4, -0.2) is 16.6 Å². The molecule has 1 aromatic rings. The fraction of sp³-hybridized carbons (Fsp3) is 0.538. The number of nitrogens with zero attached hydrogens (tertiary/aromatic N) is 1. The molecule has 2 N–H and O–H groups in total. The fourth-order valence-electron chi connectivity index (χ4n) is 1.28. The Labute approximate surface area is 108 Å². The van der Waals surface area contributed by atoms with Crippen LogP contribution in [0.15, 0.2) is 12.1 Å². The van der Waals surface area contributed by atoms with Crippen molar-refractivity contribution in [3.8, 4) is 5.88 Å². The molecule has 0 bridgehead atoms. The van der Waals surface area contributed by atoms with Crippen molar-refractivity contribution in [2.75, 3.05) is 6.61 Å². The van der Waals surface area contributed by atoms with E-state index in [1.165, 1.54) is 0 Å². The molecule has 0 aliphatic rings. The highest BCUT2D eigenvalue weighted by Gasteiger charge is 2.12. The first-order valence-corrected chi connectivity index (χ1v) is 6.11. The topological polar surface area (TPSA) is 48.1 Å². The van der Waals surface area contributed by atoms with Crippen LogP contribution in [0.5, 0.6) is 5.88 Å². The van der Waals surface area contributed by atoms with Gasteiger partial charge in [0.2, 0.25) is 5.88 Å². The van der Waals surface area contributed by atoms with Crippen LogP contribution in [0.3, 0.4) is 0 Å². The van der Waals surface area contributed by atoms with Gasteiger partial charge in [0.15, 0.2) is 0 Å². The standard InChI is InChI=1S/C13H20N2OS/c1-9-5-6-10(11(14)17)12(15-9)16-8-7-13(2,3)4/h5-6H,7-8H2,1-4H3,(H2,14,17). The van der Waals surface area contributed by atoms with Crippen LogP contribution >= 0.6 is 12.2 Å². The normalized spacial score (nSPS) is 11.3. The molecule has 0 saturated carbocycles. The Hall–Kier alpha value is -1.16. The van der Waals surface area contributed by atoms with Crippen LogP contribution in [0.4, 0.5) is 0 Å². The molecule has 0 aliphatic heterocycles. The molecular weight excluding hydrogens is 232 g/mol. The van der Waals surface area contributed by atoms with E-state index in [9.17, 15) is 0 Å². The van der Waals surface area contributed by atoms with E-state index in [0.29, 0.717) is 23.0 Å². The monoisotopic (exact) mass is 252 g/mol. The summed E-state index contributed by atoms with van der Waals surface area (Å²) in [6.07, 6.45) is 0.958. The van der Waals surface area contributed by atoms with Gasteiger partial charge in [0, 0.05) is 5.69 Å². The van der Waals surface area contributed by atoms with Crippen LogP contribution in [0.25, 0.3) is 0 Å². The Morgan fingerprint density at radius 2 is 2.06 bits per heavy atom. The molecule has 3 nitrogen and oxygen atoms in total. The predicted molar refractivity (Wildman–Crippen MR) is 74.4 cm³/mol. The zero-order chi connectivity index (χ0) is 13.1. The smallest absolute Gasteiger partial charge is 0.223 e. The maximum absolute atomic E-state index is 5.68. The average Bonchev–Trinajstić information content (AvgIpc) is 2.15. The van der Waals surface area contributed by atoms with Crippen molar-refractivity contribution in [3.63, 3.8) is 0 Å². The highest BCUT2D eigenvalue weighted by atomic mass is 32.1. The molecular formula is C13H20N2OS. The zero-order valence-corrected chi connectivity index (χ0v) is 11.7. The summed E-state index contributed by atoms with van der Waals surface area (Å²) >= 11 is 4.97. The van der Waals surface area contributed by atoms with Gasteiger partial charge in [-0.2, -0.15) is 0 Å². The van der Waals surface area contributed by atoms with Gasteiger partial charge in [0.1, 0.15) is 4.99 Å². The molecule has 0 fully saturated rings. The molecule has 0 spiro atoms. The van der Waals surface area contributed by atoms with Gasteiger partial charge in [0.25, 0.3) is 0 Å². The summed E-state index contributed by atoms with van der Waals surface area (Å²) < 4.78 is 5.68. The second-order valence-electron chi connectivity index (χ2n) is 5.33. The Balaban J connectivity index is 2.75. The molecule has 1 rings (SSSR count). The lowest BCUT2D eigenvalue weighted by molar-refractivity contribution is 0.236. The first-order valence-electron chi connectivity index (χ1n) is 5.70. The van der Waals surface area contributed by atoms with Gasteiger partial charge in [-0.05, 0) is 30.9 Å². The van der Waals surface area contributed by atoms with Crippen LogP contribution in [0.2, 0.25) is 0 Å². The number of thiocarbonyl (C=S) groups is 1. The molecule has 0 unspecified atom stereocenters. The second kappa shape index (κ2) is 5.45. The maximum atomic E-state index is 5.68. The number of hydrogen-bond donors (Lipinski definition) is 1. The van der Waals surface area contributed by atoms with Gasteiger partial charge in [0.05, 0.1) is 12.2 Å². The third-order valence-corrected chi connectivity index (χ3v) is 2.58. The Morgan fingerprint density at radius 3 is 2.59 bits per heavy atom. The van der Waals surface area contributed by atoms with E-state index in [-0.39, 0.29) is 5.41 Å². The number of ether oxygens (including phenoxy) is 1. The molecule has 1 heterocycles. The van der Waals surface area contributed by atoms with Crippen molar-refractivity contribution in [2.45, 2.75) is 34.1 Å². The van der Waals surface area contributed by atoms with E-state index in [1.54, 1.807) is 0 Å². The fourth-order valence-corrected chi connectivity index (χ4v) is 1.44.